The number of carbonyl (C=O) groups is 1. The quantitative estimate of drug-likeness (QED) is 0.0420. The van der Waals surface area contributed by atoms with E-state index in [0.717, 1.165) is 25.7 Å². The van der Waals surface area contributed by atoms with E-state index >= 15 is 0 Å². The molecule has 0 aliphatic heterocycles. The van der Waals surface area contributed by atoms with Gasteiger partial charge in [0.15, 0.2) is 0 Å². The molecule has 0 saturated heterocycles. The second kappa shape index (κ2) is 67.1. The van der Waals surface area contributed by atoms with Gasteiger partial charge >= 0.3 is 0 Å². The molecule has 0 aromatic heterocycles. The first-order valence-electron chi connectivity index (χ1n) is 35.1. The van der Waals surface area contributed by atoms with E-state index in [1.165, 1.54) is 360 Å². The predicted octanol–water partition coefficient (Wildman–Crippen LogP) is 23.8. The minimum atomic E-state index is -0.838. The Morgan fingerprint density at radius 1 is 0.307 bits per heavy atom. The van der Waals surface area contributed by atoms with Gasteiger partial charge in [-0.1, -0.05) is 378 Å². The van der Waals surface area contributed by atoms with Crippen LogP contribution < -0.4 is 5.32 Å². The lowest BCUT2D eigenvalue weighted by Crippen LogP contribution is -2.45. The molecule has 2 unspecified atom stereocenters. The van der Waals surface area contributed by atoms with Crippen molar-refractivity contribution >= 4 is 5.91 Å². The van der Waals surface area contributed by atoms with Crippen molar-refractivity contribution in [2.45, 2.75) is 418 Å². The van der Waals surface area contributed by atoms with Crippen LogP contribution in [-0.2, 0) is 4.79 Å². The van der Waals surface area contributed by atoms with Crippen LogP contribution in [0.5, 0.6) is 0 Å². The number of hydrogen-bond acceptors (Lipinski definition) is 3. The average Bonchev–Trinajstić information content (AvgIpc) is 3.41. The first-order chi connectivity index (χ1) is 37.2. The van der Waals surface area contributed by atoms with Gasteiger partial charge in [0, 0.05) is 6.42 Å². The highest BCUT2D eigenvalue weighted by Crippen LogP contribution is 2.19. The van der Waals surface area contributed by atoms with E-state index in [9.17, 15) is 15.0 Å². The van der Waals surface area contributed by atoms with Crippen LogP contribution in [0.3, 0.4) is 0 Å². The molecular weight excluding hydrogens is 915 g/mol. The first-order valence-corrected chi connectivity index (χ1v) is 35.1. The molecule has 0 radical (unpaired) electrons. The maximum Gasteiger partial charge on any atom is 0.220 e. The third-order valence-corrected chi connectivity index (χ3v) is 16.7. The molecule has 0 aromatic rings. The summed E-state index contributed by atoms with van der Waals surface area (Å²) in [7, 11) is 0. The van der Waals surface area contributed by atoms with Crippen molar-refractivity contribution in [2.75, 3.05) is 6.61 Å². The number of carbonyl (C=O) groups excluding carboxylic acids is 1. The summed E-state index contributed by atoms with van der Waals surface area (Å²) in [4.78, 5) is 12.5. The Labute approximate surface area is 472 Å². The lowest BCUT2D eigenvalue weighted by atomic mass is 10.0. The average molecular weight is 1050 g/mol. The molecule has 0 aliphatic carbocycles. The molecule has 0 rings (SSSR count). The van der Waals surface area contributed by atoms with Crippen molar-refractivity contribution in [1.29, 1.82) is 0 Å². The maximum absolute atomic E-state index is 12.5. The minimum Gasteiger partial charge on any atom is -0.394 e. The summed E-state index contributed by atoms with van der Waals surface area (Å²) < 4.78 is 0. The third kappa shape index (κ3) is 63.6. The van der Waals surface area contributed by atoms with Crippen molar-refractivity contribution in [2.24, 2.45) is 0 Å². The Hall–Kier alpha value is -1.13. The Morgan fingerprint density at radius 2 is 0.507 bits per heavy atom. The standard InChI is InChI=1S/C71H139NO3/c1-3-5-7-9-11-13-15-17-19-21-23-25-27-29-31-32-33-34-35-36-37-38-39-40-41-43-45-47-49-51-53-55-57-59-61-63-65-67-71(75)72-69(68-73)70(74)66-64-62-60-58-56-54-52-50-48-46-44-42-30-28-26-24-22-20-18-16-14-12-10-8-6-4-2/h21,23,64,66,69-70,73-74H,3-20,22,24-63,65,67-68H2,1-2H3,(H,72,75)/b23-21-,66-64+. The van der Waals surface area contributed by atoms with Crippen molar-refractivity contribution in [3.63, 3.8) is 0 Å². The van der Waals surface area contributed by atoms with Crippen molar-refractivity contribution in [3.8, 4) is 0 Å². The maximum atomic E-state index is 12.5. The van der Waals surface area contributed by atoms with Crippen molar-refractivity contribution < 1.29 is 15.0 Å². The SMILES string of the molecule is CCCCCCCCCC/C=C\CCCCCCCCCCCCCCCCCCCCCCCCCCCC(=O)NC(CO)C(O)/C=C/CCCCCCCCCCCCCCCCCCCCCCCCCC. The van der Waals surface area contributed by atoms with Crippen molar-refractivity contribution in [3.05, 3.63) is 24.3 Å². The van der Waals surface area contributed by atoms with Gasteiger partial charge in [-0.05, 0) is 44.9 Å². The van der Waals surface area contributed by atoms with E-state index in [4.69, 9.17) is 0 Å². The van der Waals surface area contributed by atoms with Gasteiger partial charge in [0.05, 0.1) is 18.8 Å². The molecule has 75 heavy (non-hydrogen) atoms. The highest BCUT2D eigenvalue weighted by molar-refractivity contribution is 5.76. The molecule has 2 atom stereocenters. The molecule has 0 fully saturated rings. The molecule has 0 spiro atoms. The Morgan fingerprint density at radius 3 is 0.733 bits per heavy atom. The summed E-state index contributed by atoms with van der Waals surface area (Å²) in [5.41, 5.74) is 0. The smallest absolute Gasteiger partial charge is 0.220 e. The van der Waals surface area contributed by atoms with Crippen LogP contribution in [-0.4, -0.2) is 34.9 Å². The van der Waals surface area contributed by atoms with Crippen LogP contribution in [0, 0.1) is 0 Å². The zero-order valence-electron chi connectivity index (χ0n) is 51.6. The second-order valence-electron chi connectivity index (χ2n) is 24.3. The number of aliphatic hydroxyl groups is 2. The number of allylic oxidation sites excluding steroid dienone is 3. The number of amides is 1. The Bertz CT molecular complexity index is 1100. The number of nitrogens with one attached hydrogen (secondary N) is 1. The van der Waals surface area contributed by atoms with Crippen LogP contribution >= 0.6 is 0 Å². The van der Waals surface area contributed by atoms with Gasteiger partial charge < -0.3 is 15.5 Å². The van der Waals surface area contributed by atoms with Crippen LogP contribution in [0.2, 0.25) is 0 Å². The van der Waals surface area contributed by atoms with Crippen LogP contribution in [0.4, 0.5) is 0 Å². The van der Waals surface area contributed by atoms with Crippen LogP contribution in [0.25, 0.3) is 0 Å². The summed E-state index contributed by atoms with van der Waals surface area (Å²) in [5.74, 6) is -0.0541. The lowest BCUT2D eigenvalue weighted by molar-refractivity contribution is -0.123. The Balaban J connectivity index is 3.39. The number of hydrogen-bond donors (Lipinski definition) is 3. The molecule has 0 saturated carbocycles. The van der Waals surface area contributed by atoms with Gasteiger partial charge in [-0.2, -0.15) is 0 Å². The summed E-state index contributed by atoms with van der Waals surface area (Å²) in [6.07, 6.45) is 91.3. The molecule has 3 N–H and O–H groups in total. The highest BCUT2D eigenvalue weighted by atomic mass is 16.3. The number of aliphatic hydroxyl groups excluding tert-OH is 2. The van der Waals surface area contributed by atoms with Crippen LogP contribution in [0.15, 0.2) is 24.3 Å². The van der Waals surface area contributed by atoms with Gasteiger partial charge in [0.25, 0.3) is 0 Å². The second-order valence-corrected chi connectivity index (χ2v) is 24.3. The minimum absolute atomic E-state index is 0.0541. The van der Waals surface area contributed by atoms with Crippen molar-refractivity contribution in [1.82, 2.24) is 5.32 Å². The molecule has 0 heterocycles. The zero-order chi connectivity index (χ0) is 54.1. The van der Waals surface area contributed by atoms with E-state index < -0.39 is 12.1 Å². The monoisotopic (exact) mass is 1050 g/mol. The van der Waals surface area contributed by atoms with E-state index in [1.54, 1.807) is 6.08 Å². The largest absolute Gasteiger partial charge is 0.394 e. The molecule has 446 valence electrons. The van der Waals surface area contributed by atoms with Gasteiger partial charge in [-0.15, -0.1) is 0 Å². The lowest BCUT2D eigenvalue weighted by Gasteiger charge is -2.20. The highest BCUT2D eigenvalue weighted by Gasteiger charge is 2.18. The number of unbranched alkanes of at least 4 members (excludes halogenated alkanes) is 57. The van der Waals surface area contributed by atoms with Crippen LogP contribution in [0.1, 0.15) is 406 Å². The molecule has 0 bridgehead atoms. The summed E-state index contributed by atoms with van der Waals surface area (Å²) >= 11 is 0. The van der Waals surface area contributed by atoms with Gasteiger partial charge in [-0.3, -0.25) is 4.79 Å². The molecule has 0 aromatic carbocycles. The zero-order valence-corrected chi connectivity index (χ0v) is 51.6. The molecule has 1 amide bonds. The molecule has 4 nitrogen and oxygen atoms in total. The summed E-state index contributed by atoms with van der Waals surface area (Å²) in [6.45, 7) is 4.36. The number of rotatable bonds is 66. The normalized spacial score (nSPS) is 12.7. The first kappa shape index (κ1) is 73.9. The Kier molecular flexibility index (Phi) is 66.1. The molecular formula is C71H139NO3. The predicted molar refractivity (Wildman–Crippen MR) is 336 cm³/mol. The van der Waals surface area contributed by atoms with Gasteiger partial charge in [0.2, 0.25) is 5.91 Å². The topological polar surface area (TPSA) is 69.6 Å². The fraction of sp³-hybridized carbons (Fsp3) is 0.930. The fourth-order valence-electron chi connectivity index (χ4n) is 11.4. The third-order valence-electron chi connectivity index (χ3n) is 16.7. The van der Waals surface area contributed by atoms with E-state index in [-0.39, 0.29) is 12.5 Å². The van der Waals surface area contributed by atoms with Gasteiger partial charge in [0.1, 0.15) is 0 Å². The van der Waals surface area contributed by atoms with E-state index in [0.29, 0.717) is 6.42 Å². The summed E-state index contributed by atoms with van der Waals surface area (Å²) in [6, 6.07) is -0.621. The summed E-state index contributed by atoms with van der Waals surface area (Å²) in [5, 5.41) is 23.3. The molecule has 0 aliphatic rings. The fourth-order valence-corrected chi connectivity index (χ4v) is 11.4. The van der Waals surface area contributed by atoms with E-state index in [2.05, 4.69) is 31.3 Å². The molecule has 4 heteroatoms. The van der Waals surface area contributed by atoms with Gasteiger partial charge in [-0.25, -0.2) is 0 Å². The van der Waals surface area contributed by atoms with E-state index in [1.807, 2.05) is 6.08 Å².